The Morgan fingerprint density at radius 1 is 1.05 bits per heavy atom. The summed E-state index contributed by atoms with van der Waals surface area (Å²) >= 11 is 0. The first-order chi connectivity index (χ1) is 18.1. The van der Waals surface area contributed by atoms with Crippen LogP contribution in [0.5, 0.6) is 0 Å². The van der Waals surface area contributed by atoms with E-state index in [1.165, 1.54) is 6.20 Å². The van der Waals surface area contributed by atoms with E-state index >= 15 is 0 Å². The highest BCUT2D eigenvalue weighted by atomic mass is 15.5. The SMILES string of the molecule is Cc1cc(Nc2ccccc2)nc(N(C)c2ccccc2)c1N=Nc1c(C#N)cnn1C1NCCCN1. The maximum absolute atomic E-state index is 9.68. The number of hydrogen-bond donors (Lipinski definition) is 3. The molecule has 1 saturated heterocycles. The second-order valence-corrected chi connectivity index (χ2v) is 8.68. The topological polar surface area (TPSA) is 119 Å². The van der Waals surface area contributed by atoms with Gasteiger partial charge in [-0.2, -0.15) is 10.4 Å². The van der Waals surface area contributed by atoms with E-state index in [1.54, 1.807) is 4.68 Å². The van der Waals surface area contributed by atoms with Crippen molar-refractivity contribution in [1.82, 2.24) is 25.4 Å². The van der Waals surface area contributed by atoms with Crippen LogP contribution in [-0.4, -0.2) is 34.9 Å². The maximum Gasteiger partial charge on any atom is 0.193 e. The number of aryl methyl sites for hydroxylation is 1. The van der Waals surface area contributed by atoms with E-state index in [0.717, 1.165) is 36.4 Å². The molecule has 10 nitrogen and oxygen atoms in total. The number of rotatable bonds is 7. The number of hydrogen-bond acceptors (Lipinski definition) is 9. The first-order valence-corrected chi connectivity index (χ1v) is 12.1. The van der Waals surface area contributed by atoms with Gasteiger partial charge in [-0.15, -0.1) is 10.2 Å². The van der Waals surface area contributed by atoms with Crippen LogP contribution in [0.15, 0.2) is 83.2 Å². The molecule has 1 fully saturated rings. The van der Waals surface area contributed by atoms with Crippen LogP contribution in [-0.2, 0) is 0 Å². The zero-order valence-corrected chi connectivity index (χ0v) is 20.8. The molecule has 2 aromatic heterocycles. The Balaban J connectivity index is 1.56. The standard InChI is InChI=1S/C27H28N10/c1-19-16-23(32-21-10-5-3-6-11-21)33-26(36(2)22-12-7-4-8-13-22)24(19)34-35-25-20(17-28)18-31-37(25)27-29-14-9-15-30-27/h3-8,10-13,16,18,27,29-30H,9,14-15H2,1-2H3,(H,32,33). The average molecular weight is 493 g/mol. The van der Waals surface area contributed by atoms with Crippen molar-refractivity contribution in [3.63, 3.8) is 0 Å². The van der Waals surface area contributed by atoms with E-state index < -0.39 is 0 Å². The zero-order valence-electron chi connectivity index (χ0n) is 20.8. The highest BCUT2D eigenvalue weighted by Crippen LogP contribution is 2.37. The molecule has 0 saturated carbocycles. The van der Waals surface area contributed by atoms with Crippen LogP contribution in [0.25, 0.3) is 0 Å². The van der Waals surface area contributed by atoms with Gasteiger partial charge in [0.15, 0.2) is 17.9 Å². The molecule has 0 atom stereocenters. The van der Waals surface area contributed by atoms with E-state index in [2.05, 4.69) is 37.3 Å². The minimum absolute atomic E-state index is 0.257. The lowest BCUT2D eigenvalue weighted by molar-refractivity contribution is 0.269. The van der Waals surface area contributed by atoms with Gasteiger partial charge in [-0.25, -0.2) is 9.67 Å². The number of aromatic nitrogens is 3. The molecule has 3 N–H and O–H groups in total. The van der Waals surface area contributed by atoms with E-state index in [1.807, 2.05) is 85.6 Å². The van der Waals surface area contributed by atoms with Gasteiger partial charge in [-0.1, -0.05) is 36.4 Å². The van der Waals surface area contributed by atoms with Crippen molar-refractivity contribution in [2.75, 3.05) is 30.4 Å². The summed E-state index contributed by atoms with van der Waals surface area (Å²) in [5, 5.41) is 33.3. The summed E-state index contributed by atoms with van der Waals surface area (Å²) in [5.74, 6) is 1.71. The largest absolute Gasteiger partial charge is 0.340 e. The van der Waals surface area contributed by atoms with Gasteiger partial charge >= 0.3 is 0 Å². The van der Waals surface area contributed by atoms with Gasteiger partial charge in [-0.05, 0) is 62.3 Å². The molecule has 5 rings (SSSR count). The molecule has 10 heteroatoms. The molecule has 1 aliphatic rings. The van der Waals surface area contributed by atoms with Gasteiger partial charge in [0.2, 0.25) is 0 Å². The summed E-state index contributed by atoms with van der Waals surface area (Å²) in [6.07, 6.45) is 2.28. The molecule has 0 spiro atoms. The molecule has 186 valence electrons. The second kappa shape index (κ2) is 11.0. The van der Waals surface area contributed by atoms with Crippen LogP contribution in [0.2, 0.25) is 0 Å². The third-order valence-electron chi connectivity index (χ3n) is 6.08. The Hall–Kier alpha value is -4.59. The Morgan fingerprint density at radius 2 is 1.76 bits per heavy atom. The number of pyridine rings is 1. The van der Waals surface area contributed by atoms with Crippen LogP contribution in [0.1, 0.15) is 23.8 Å². The fourth-order valence-corrected chi connectivity index (χ4v) is 4.15. The normalized spacial score (nSPS) is 14.0. The second-order valence-electron chi connectivity index (χ2n) is 8.68. The summed E-state index contributed by atoms with van der Waals surface area (Å²) in [5.41, 5.74) is 3.73. The van der Waals surface area contributed by atoms with Gasteiger partial charge in [0.05, 0.1) is 6.20 Å². The smallest absolute Gasteiger partial charge is 0.193 e. The molecule has 4 aromatic rings. The molecule has 0 unspecified atom stereocenters. The molecule has 37 heavy (non-hydrogen) atoms. The highest BCUT2D eigenvalue weighted by Gasteiger charge is 2.21. The van der Waals surface area contributed by atoms with Crippen molar-refractivity contribution in [2.24, 2.45) is 10.2 Å². The number of anilines is 4. The van der Waals surface area contributed by atoms with Gasteiger partial charge in [0, 0.05) is 18.4 Å². The zero-order chi connectivity index (χ0) is 25.6. The number of nitrogens with one attached hydrogen (secondary N) is 3. The summed E-state index contributed by atoms with van der Waals surface area (Å²) < 4.78 is 1.66. The number of benzene rings is 2. The first kappa shape index (κ1) is 24.1. The first-order valence-electron chi connectivity index (χ1n) is 12.1. The van der Waals surface area contributed by atoms with E-state index in [4.69, 9.17) is 4.98 Å². The molecule has 1 aliphatic heterocycles. The monoisotopic (exact) mass is 492 g/mol. The van der Waals surface area contributed by atoms with Crippen molar-refractivity contribution < 1.29 is 0 Å². The van der Waals surface area contributed by atoms with E-state index in [0.29, 0.717) is 28.7 Å². The lowest BCUT2D eigenvalue weighted by atomic mass is 10.2. The summed E-state index contributed by atoms with van der Waals surface area (Å²) in [4.78, 5) is 6.89. The third-order valence-corrected chi connectivity index (χ3v) is 6.08. The number of para-hydroxylation sites is 2. The van der Waals surface area contributed by atoms with Crippen LogP contribution in [0.4, 0.5) is 34.5 Å². The van der Waals surface area contributed by atoms with Gasteiger partial charge < -0.3 is 10.2 Å². The molecule has 0 aliphatic carbocycles. The van der Waals surface area contributed by atoms with Crippen LogP contribution in [0.3, 0.4) is 0 Å². The minimum Gasteiger partial charge on any atom is -0.340 e. The van der Waals surface area contributed by atoms with Crippen molar-refractivity contribution in [3.05, 3.63) is 84.1 Å². The average Bonchev–Trinajstić information content (AvgIpc) is 3.36. The molecular formula is C27H28N10. The van der Waals surface area contributed by atoms with E-state index in [9.17, 15) is 5.26 Å². The van der Waals surface area contributed by atoms with Crippen molar-refractivity contribution >= 4 is 34.5 Å². The molecule has 0 radical (unpaired) electrons. The summed E-state index contributed by atoms with van der Waals surface area (Å²) in [7, 11) is 1.95. The van der Waals surface area contributed by atoms with E-state index in [-0.39, 0.29) is 6.29 Å². The minimum atomic E-state index is -0.257. The highest BCUT2D eigenvalue weighted by molar-refractivity contribution is 5.76. The molecule has 2 aromatic carbocycles. The lowest BCUT2D eigenvalue weighted by Crippen LogP contribution is -2.45. The van der Waals surface area contributed by atoms with Gasteiger partial charge in [0.1, 0.15) is 23.1 Å². The maximum atomic E-state index is 9.68. The molecule has 0 amide bonds. The van der Waals surface area contributed by atoms with Crippen molar-refractivity contribution in [3.8, 4) is 6.07 Å². The predicted molar refractivity (Wildman–Crippen MR) is 144 cm³/mol. The van der Waals surface area contributed by atoms with Crippen LogP contribution >= 0.6 is 0 Å². The molecule has 3 heterocycles. The van der Waals surface area contributed by atoms with Crippen LogP contribution < -0.4 is 20.9 Å². The molecule has 0 bridgehead atoms. The van der Waals surface area contributed by atoms with Crippen LogP contribution in [0, 0.1) is 18.3 Å². The number of nitrogens with zero attached hydrogens (tertiary/aromatic N) is 7. The third kappa shape index (κ3) is 5.33. The van der Waals surface area contributed by atoms with Crippen molar-refractivity contribution in [2.45, 2.75) is 19.6 Å². The summed E-state index contributed by atoms with van der Waals surface area (Å²) in [6, 6.07) is 24.0. The lowest BCUT2D eigenvalue weighted by Gasteiger charge is -2.25. The van der Waals surface area contributed by atoms with Gasteiger partial charge in [-0.3, -0.25) is 10.6 Å². The fourth-order valence-electron chi connectivity index (χ4n) is 4.15. The Morgan fingerprint density at radius 3 is 2.46 bits per heavy atom. The predicted octanol–water partition coefficient (Wildman–Crippen LogP) is 5.42. The van der Waals surface area contributed by atoms with Crippen molar-refractivity contribution in [1.29, 1.82) is 5.26 Å². The summed E-state index contributed by atoms with van der Waals surface area (Å²) in [6.45, 7) is 3.67. The fraction of sp³-hybridized carbons (Fsp3) is 0.222. The number of nitriles is 1. The number of azo groups is 1. The Bertz CT molecular complexity index is 1420. The quantitative estimate of drug-likeness (QED) is 0.295. The Kier molecular flexibility index (Phi) is 7.16. The Labute approximate surface area is 215 Å². The van der Waals surface area contributed by atoms with Gasteiger partial charge in [0.25, 0.3) is 0 Å². The molecular weight excluding hydrogens is 464 g/mol.